The van der Waals surface area contributed by atoms with E-state index < -0.39 is 17.9 Å². The lowest BCUT2D eigenvalue weighted by Gasteiger charge is -2.17. The van der Waals surface area contributed by atoms with Gasteiger partial charge in [-0.2, -0.15) is 0 Å². The number of rotatable bonds is 11. The highest BCUT2D eigenvalue weighted by Crippen LogP contribution is 2.33. The van der Waals surface area contributed by atoms with Crippen molar-refractivity contribution in [3.63, 3.8) is 0 Å². The van der Waals surface area contributed by atoms with Crippen molar-refractivity contribution < 1.29 is 34.0 Å². The van der Waals surface area contributed by atoms with Gasteiger partial charge in [-0.15, -0.1) is 11.8 Å². The second-order valence-electron chi connectivity index (χ2n) is 6.86. The SMILES string of the molecule is CCCc1c(OCC(O)CSc2ccc(CC(=O)O)cc2F)ccc(C(C)=O)c1O. The van der Waals surface area contributed by atoms with Crippen LogP contribution in [0.4, 0.5) is 4.39 Å². The molecular formula is C22H25FO6S. The number of aliphatic carboxylic acids is 1. The van der Waals surface area contributed by atoms with Gasteiger partial charge in [-0.25, -0.2) is 4.39 Å². The minimum Gasteiger partial charge on any atom is -0.507 e. The molecule has 0 saturated heterocycles. The summed E-state index contributed by atoms with van der Waals surface area (Å²) in [7, 11) is 0. The van der Waals surface area contributed by atoms with Gasteiger partial charge in [0.15, 0.2) is 5.78 Å². The number of ketones is 1. The predicted octanol–water partition coefficient (Wildman–Crippen LogP) is 3.85. The van der Waals surface area contributed by atoms with Gasteiger partial charge in [-0.1, -0.05) is 19.4 Å². The number of hydrogen-bond donors (Lipinski definition) is 3. The lowest BCUT2D eigenvalue weighted by atomic mass is 10.0. The van der Waals surface area contributed by atoms with Crippen LogP contribution in [0.2, 0.25) is 0 Å². The van der Waals surface area contributed by atoms with Crippen LogP contribution in [-0.4, -0.2) is 45.5 Å². The minimum atomic E-state index is -1.04. The number of Topliss-reactive ketones (excluding diaryl/α,β-unsaturated/α-hetero) is 1. The molecule has 30 heavy (non-hydrogen) atoms. The highest BCUT2D eigenvalue weighted by molar-refractivity contribution is 7.99. The van der Waals surface area contributed by atoms with Crippen LogP contribution >= 0.6 is 11.8 Å². The molecule has 8 heteroatoms. The number of carboxylic acid groups (broad SMARTS) is 1. The Labute approximate surface area is 178 Å². The largest absolute Gasteiger partial charge is 0.507 e. The molecule has 0 aliphatic heterocycles. The monoisotopic (exact) mass is 436 g/mol. The molecule has 3 N–H and O–H groups in total. The first-order valence-electron chi connectivity index (χ1n) is 9.52. The summed E-state index contributed by atoms with van der Waals surface area (Å²) in [6.07, 6.45) is 0.0902. The van der Waals surface area contributed by atoms with E-state index in [0.29, 0.717) is 28.2 Å². The number of carbonyl (C=O) groups is 2. The van der Waals surface area contributed by atoms with Gasteiger partial charge in [-0.3, -0.25) is 9.59 Å². The fraction of sp³-hybridized carbons (Fsp3) is 0.364. The third-order valence-electron chi connectivity index (χ3n) is 4.33. The van der Waals surface area contributed by atoms with Crippen LogP contribution in [0.3, 0.4) is 0 Å². The van der Waals surface area contributed by atoms with Gasteiger partial charge in [0, 0.05) is 16.2 Å². The van der Waals surface area contributed by atoms with Gasteiger partial charge < -0.3 is 20.1 Å². The van der Waals surface area contributed by atoms with E-state index in [0.717, 1.165) is 18.2 Å². The molecule has 6 nitrogen and oxygen atoms in total. The van der Waals surface area contributed by atoms with Crippen LogP contribution in [0.25, 0.3) is 0 Å². The number of halogens is 1. The molecule has 0 aliphatic carbocycles. The molecule has 2 rings (SSSR count). The zero-order valence-corrected chi connectivity index (χ0v) is 17.7. The van der Waals surface area contributed by atoms with Gasteiger partial charge >= 0.3 is 5.97 Å². The molecule has 0 aliphatic rings. The topological polar surface area (TPSA) is 104 Å². The zero-order chi connectivity index (χ0) is 22.3. The average molecular weight is 437 g/mol. The van der Waals surface area contributed by atoms with E-state index >= 15 is 0 Å². The maximum absolute atomic E-state index is 14.1. The molecule has 1 atom stereocenters. The first kappa shape index (κ1) is 23.7. The van der Waals surface area contributed by atoms with E-state index in [4.69, 9.17) is 9.84 Å². The van der Waals surface area contributed by atoms with Crippen molar-refractivity contribution in [3.8, 4) is 11.5 Å². The van der Waals surface area contributed by atoms with Crippen LogP contribution in [0, 0.1) is 5.82 Å². The van der Waals surface area contributed by atoms with Crippen LogP contribution in [0.15, 0.2) is 35.2 Å². The maximum atomic E-state index is 14.1. The highest BCUT2D eigenvalue weighted by Gasteiger charge is 2.17. The first-order valence-corrected chi connectivity index (χ1v) is 10.5. The number of carboxylic acids is 1. The Morgan fingerprint density at radius 1 is 1.23 bits per heavy atom. The van der Waals surface area contributed by atoms with Gasteiger partial charge in [0.1, 0.15) is 23.9 Å². The normalized spacial score (nSPS) is 11.9. The fourth-order valence-electron chi connectivity index (χ4n) is 2.89. The molecule has 0 spiro atoms. The fourth-order valence-corrected chi connectivity index (χ4v) is 3.72. The van der Waals surface area contributed by atoms with E-state index in [-0.39, 0.29) is 35.9 Å². The standard InChI is InChI=1S/C22H25FO6S/c1-3-4-17-19(7-6-16(13(2)24)22(17)28)29-11-15(25)12-30-20-8-5-14(9-18(20)23)10-21(26)27/h5-9,15,25,28H,3-4,10-12H2,1-2H3,(H,26,27). The Morgan fingerprint density at radius 2 is 1.97 bits per heavy atom. The van der Waals surface area contributed by atoms with Crippen LogP contribution in [-0.2, 0) is 17.6 Å². The molecule has 0 heterocycles. The van der Waals surface area contributed by atoms with Crippen molar-refractivity contribution >= 4 is 23.5 Å². The van der Waals surface area contributed by atoms with Gasteiger partial charge in [-0.05, 0) is 43.2 Å². The van der Waals surface area contributed by atoms with Gasteiger partial charge in [0.25, 0.3) is 0 Å². The van der Waals surface area contributed by atoms with E-state index in [2.05, 4.69) is 0 Å². The zero-order valence-electron chi connectivity index (χ0n) is 16.9. The summed E-state index contributed by atoms with van der Waals surface area (Å²) >= 11 is 1.10. The average Bonchev–Trinajstić information content (AvgIpc) is 2.67. The van der Waals surface area contributed by atoms with Crippen molar-refractivity contribution in [2.24, 2.45) is 0 Å². The first-order chi connectivity index (χ1) is 14.2. The number of aromatic hydroxyl groups is 1. The van der Waals surface area contributed by atoms with Crippen molar-refractivity contribution in [2.75, 3.05) is 12.4 Å². The summed E-state index contributed by atoms with van der Waals surface area (Å²) in [5.41, 5.74) is 1.11. The number of thioether (sulfide) groups is 1. The van der Waals surface area contributed by atoms with Crippen LogP contribution < -0.4 is 4.74 Å². The number of hydrogen-bond acceptors (Lipinski definition) is 6. The number of aliphatic hydroxyl groups is 1. The van der Waals surface area contributed by atoms with Crippen molar-refractivity contribution in [1.29, 1.82) is 0 Å². The van der Waals surface area contributed by atoms with E-state index in [1.165, 1.54) is 25.1 Å². The minimum absolute atomic E-state index is 0.0682. The highest BCUT2D eigenvalue weighted by atomic mass is 32.2. The summed E-state index contributed by atoms with van der Waals surface area (Å²) in [5, 5.41) is 29.3. The molecule has 1 unspecified atom stereocenters. The summed E-state index contributed by atoms with van der Waals surface area (Å²) in [5.74, 6) is -1.37. The molecule has 0 aromatic heterocycles. The lowest BCUT2D eigenvalue weighted by molar-refractivity contribution is -0.136. The van der Waals surface area contributed by atoms with Crippen molar-refractivity contribution in [1.82, 2.24) is 0 Å². The molecule has 2 aromatic carbocycles. The molecule has 0 saturated carbocycles. The number of aliphatic hydroxyl groups excluding tert-OH is 1. The van der Waals surface area contributed by atoms with Gasteiger partial charge in [0.2, 0.25) is 0 Å². The lowest BCUT2D eigenvalue weighted by Crippen LogP contribution is -2.20. The number of phenols is 1. The molecule has 0 amide bonds. The van der Waals surface area contributed by atoms with E-state index in [1.807, 2.05) is 6.92 Å². The number of ether oxygens (including phenoxy) is 1. The summed E-state index contributed by atoms with van der Waals surface area (Å²) in [6, 6.07) is 7.29. The predicted molar refractivity (Wildman–Crippen MR) is 112 cm³/mol. The molecule has 0 fully saturated rings. The third kappa shape index (κ3) is 6.47. The molecular weight excluding hydrogens is 411 g/mol. The smallest absolute Gasteiger partial charge is 0.307 e. The second-order valence-corrected chi connectivity index (χ2v) is 7.92. The Bertz CT molecular complexity index is 915. The second kappa shape index (κ2) is 11.0. The van der Waals surface area contributed by atoms with E-state index in [1.54, 1.807) is 12.1 Å². The maximum Gasteiger partial charge on any atom is 0.307 e. The molecule has 2 aromatic rings. The van der Waals surface area contributed by atoms with E-state index in [9.17, 15) is 24.2 Å². The molecule has 162 valence electrons. The number of benzene rings is 2. The Hall–Kier alpha value is -2.58. The van der Waals surface area contributed by atoms with Crippen molar-refractivity contribution in [2.45, 2.75) is 44.1 Å². The number of carbonyl (C=O) groups excluding carboxylic acids is 1. The Balaban J connectivity index is 1.98. The van der Waals surface area contributed by atoms with Crippen molar-refractivity contribution in [3.05, 3.63) is 52.8 Å². The Kier molecular flexibility index (Phi) is 8.68. The molecule has 0 bridgehead atoms. The quantitative estimate of drug-likeness (QED) is 0.363. The third-order valence-corrected chi connectivity index (χ3v) is 5.53. The summed E-state index contributed by atoms with van der Waals surface area (Å²) in [6.45, 7) is 3.24. The molecule has 0 radical (unpaired) electrons. The van der Waals surface area contributed by atoms with Crippen LogP contribution in [0.5, 0.6) is 11.5 Å². The van der Waals surface area contributed by atoms with Gasteiger partial charge in [0.05, 0.1) is 18.1 Å². The summed E-state index contributed by atoms with van der Waals surface area (Å²) < 4.78 is 19.8. The van der Waals surface area contributed by atoms with Crippen LogP contribution in [0.1, 0.15) is 41.8 Å². The summed E-state index contributed by atoms with van der Waals surface area (Å²) in [4.78, 5) is 22.6. The Morgan fingerprint density at radius 3 is 2.57 bits per heavy atom. The number of phenolic OH excluding ortho intramolecular Hbond substituents is 1.